The number of benzene rings is 3. The van der Waals surface area contributed by atoms with E-state index in [-0.39, 0.29) is 17.4 Å². The van der Waals surface area contributed by atoms with Crippen LogP contribution in [0, 0.1) is 20.8 Å². The fourth-order valence-corrected chi connectivity index (χ4v) is 4.14. The molecule has 3 aromatic carbocycles. The normalized spacial score (nSPS) is 11.2. The molecule has 0 atom stereocenters. The van der Waals surface area contributed by atoms with Gasteiger partial charge < -0.3 is 9.64 Å². The lowest BCUT2D eigenvalue weighted by Crippen LogP contribution is -2.31. The van der Waals surface area contributed by atoms with Gasteiger partial charge >= 0.3 is 0 Å². The molecule has 3 rings (SSSR count). The molecule has 8 heteroatoms. The molecule has 3 aromatic rings. The minimum absolute atomic E-state index is 0.0696. The van der Waals surface area contributed by atoms with Crippen LogP contribution in [0.15, 0.2) is 65.6 Å². The van der Waals surface area contributed by atoms with E-state index in [0.29, 0.717) is 16.5 Å². The Hall–Kier alpha value is -3.03. The van der Waals surface area contributed by atoms with Crippen LogP contribution in [0.5, 0.6) is 5.75 Å². The summed E-state index contributed by atoms with van der Waals surface area (Å²) in [4.78, 5) is 14.1. The Morgan fingerprint density at radius 3 is 2.22 bits per heavy atom. The first-order valence-corrected chi connectivity index (χ1v) is 11.8. The van der Waals surface area contributed by atoms with Gasteiger partial charge in [0.05, 0.1) is 10.6 Å². The highest BCUT2D eigenvalue weighted by Crippen LogP contribution is 2.24. The van der Waals surface area contributed by atoms with Crippen LogP contribution in [0.4, 0.5) is 11.4 Å². The van der Waals surface area contributed by atoms with Crippen LogP contribution in [0.25, 0.3) is 0 Å². The molecule has 0 aromatic heterocycles. The molecule has 0 radical (unpaired) electrons. The first-order valence-electron chi connectivity index (χ1n) is 9.92. The van der Waals surface area contributed by atoms with Crippen molar-refractivity contribution in [1.29, 1.82) is 0 Å². The van der Waals surface area contributed by atoms with Crippen LogP contribution in [-0.4, -0.2) is 28.0 Å². The smallest absolute Gasteiger partial charge is 0.264 e. The van der Waals surface area contributed by atoms with Gasteiger partial charge in [0.25, 0.3) is 15.9 Å². The molecular formula is C24H25ClN2O4S. The number of nitrogens with zero attached hydrogens (tertiary/aromatic N) is 1. The third kappa shape index (κ3) is 5.60. The molecule has 1 N–H and O–H groups in total. The van der Waals surface area contributed by atoms with E-state index in [4.69, 9.17) is 16.3 Å². The molecule has 0 saturated carbocycles. The highest BCUT2D eigenvalue weighted by Gasteiger charge is 2.16. The van der Waals surface area contributed by atoms with Crippen molar-refractivity contribution < 1.29 is 17.9 Å². The van der Waals surface area contributed by atoms with Crippen LogP contribution in [-0.2, 0) is 14.8 Å². The molecule has 0 spiro atoms. The highest BCUT2D eigenvalue weighted by atomic mass is 35.5. The third-order valence-corrected chi connectivity index (χ3v) is 6.98. The van der Waals surface area contributed by atoms with Gasteiger partial charge in [-0.05, 0) is 86.0 Å². The van der Waals surface area contributed by atoms with E-state index in [1.54, 1.807) is 25.2 Å². The topological polar surface area (TPSA) is 75.7 Å². The largest absolute Gasteiger partial charge is 0.484 e. The zero-order valence-corrected chi connectivity index (χ0v) is 19.9. The molecule has 1 amide bonds. The van der Waals surface area contributed by atoms with E-state index >= 15 is 0 Å². The SMILES string of the molecule is Cc1ccc(N(C)C(=O)COc2ccc(S(=O)(=O)Nc3ccc(C)c(Cl)c3)cc2)cc1C. The number of anilines is 2. The number of carbonyl (C=O) groups excluding carboxylic acids is 1. The number of rotatable bonds is 7. The van der Waals surface area contributed by atoms with Crippen molar-refractivity contribution in [3.05, 3.63) is 82.4 Å². The zero-order chi connectivity index (χ0) is 23.5. The molecular weight excluding hydrogens is 448 g/mol. The molecule has 0 saturated heterocycles. The van der Waals surface area contributed by atoms with Crippen molar-refractivity contribution >= 4 is 38.9 Å². The lowest BCUT2D eigenvalue weighted by molar-refractivity contribution is -0.120. The maximum absolute atomic E-state index is 12.6. The van der Waals surface area contributed by atoms with Gasteiger partial charge in [-0.2, -0.15) is 0 Å². The molecule has 168 valence electrons. The fourth-order valence-electron chi connectivity index (χ4n) is 2.91. The Kier molecular flexibility index (Phi) is 7.11. The van der Waals surface area contributed by atoms with E-state index in [2.05, 4.69) is 4.72 Å². The van der Waals surface area contributed by atoms with Crippen LogP contribution in [0.2, 0.25) is 5.02 Å². The molecule has 0 aliphatic carbocycles. The number of likely N-dealkylation sites (N-methyl/N-ethyl adjacent to an activating group) is 1. The summed E-state index contributed by atoms with van der Waals surface area (Å²) in [5.41, 5.74) is 4.27. The average molecular weight is 473 g/mol. The van der Waals surface area contributed by atoms with E-state index in [1.165, 1.54) is 29.2 Å². The van der Waals surface area contributed by atoms with E-state index in [0.717, 1.165) is 22.4 Å². The summed E-state index contributed by atoms with van der Waals surface area (Å²) in [6.07, 6.45) is 0. The minimum Gasteiger partial charge on any atom is -0.484 e. The number of halogens is 1. The Bertz CT molecular complexity index is 1240. The van der Waals surface area contributed by atoms with Crippen molar-refractivity contribution in [3.8, 4) is 5.75 Å². The van der Waals surface area contributed by atoms with Crippen molar-refractivity contribution in [2.75, 3.05) is 23.3 Å². The molecule has 0 unspecified atom stereocenters. The lowest BCUT2D eigenvalue weighted by Gasteiger charge is -2.19. The van der Waals surface area contributed by atoms with E-state index in [1.807, 2.05) is 39.0 Å². The Labute approximate surface area is 193 Å². The molecule has 0 heterocycles. The third-order valence-electron chi connectivity index (χ3n) is 5.17. The average Bonchev–Trinajstić information content (AvgIpc) is 2.76. The Morgan fingerprint density at radius 2 is 1.59 bits per heavy atom. The highest BCUT2D eigenvalue weighted by molar-refractivity contribution is 7.92. The fraction of sp³-hybridized carbons (Fsp3) is 0.208. The summed E-state index contributed by atoms with van der Waals surface area (Å²) in [5.74, 6) is 0.173. The Morgan fingerprint density at radius 1 is 0.938 bits per heavy atom. The predicted octanol–water partition coefficient (Wildman–Crippen LogP) is 5.11. The number of hydrogen-bond acceptors (Lipinski definition) is 4. The number of ether oxygens (including phenoxy) is 1. The molecule has 0 aliphatic heterocycles. The maximum atomic E-state index is 12.6. The summed E-state index contributed by atoms with van der Waals surface area (Å²) >= 11 is 6.06. The van der Waals surface area contributed by atoms with Gasteiger partial charge in [-0.3, -0.25) is 9.52 Å². The quantitative estimate of drug-likeness (QED) is 0.518. The van der Waals surface area contributed by atoms with Crippen LogP contribution in [0.3, 0.4) is 0 Å². The van der Waals surface area contributed by atoms with Gasteiger partial charge in [0.2, 0.25) is 0 Å². The van der Waals surface area contributed by atoms with Gasteiger partial charge in [-0.1, -0.05) is 23.7 Å². The van der Waals surface area contributed by atoms with Crippen molar-refractivity contribution in [1.82, 2.24) is 0 Å². The van der Waals surface area contributed by atoms with Crippen LogP contribution >= 0.6 is 11.6 Å². The second kappa shape index (κ2) is 9.63. The number of aryl methyl sites for hydroxylation is 3. The first kappa shape index (κ1) is 23.6. The van der Waals surface area contributed by atoms with Crippen LogP contribution < -0.4 is 14.4 Å². The number of hydrogen-bond donors (Lipinski definition) is 1. The second-order valence-corrected chi connectivity index (χ2v) is 9.64. The molecule has 0 bridgehead atoms. The van der Waals surface area contributed by atoms with Gasteiger partial charge in [-0.25, -0.2) is 8.42 Å². The second-order valence-electron chi connectivity index (χ2n) is 7.55. The first-order chi connectivity index (χ1) is 15.1. The summed E-state index contributed by atoms with van der Waals surface area (Å²) in [6, 6.07) is 16.6. The van der Waals surface area contributed by atoms with Gasteiger partial charge in [0.15, 0.2) is 6.61 Å². The zero-order valence-electron chi connectivity index (χ0n) is 18.3. The predicted molar refractivity (Wildman–Crippen MR) is 128 cm³/mol. The summed E-state index contributed by atoms with van der Waals surface area (Å²) in [7, 11) is -2.10. The van der Waals surface area contributed by atoms with Crippen molar-refractivity contribution in [2.45, 2.75) is 25.7 Å². The monoisotopic (exact) mass is 472 g/mol. The van der Waals surface area contributed by atoms with Crippen molar-refractivity contribution in [3.63, 3.8) is 0 Å². The van der Waals surface area contributed by atoms with Gasteiger partial charge in [0, 0.05) is 17.8 Å². The molecule has 6 nitrogen and oxygen atoms in total. The number of carbonyl (C=O) groups is 1. The molecule has 0 aliphatic rings. The number of amides is 1. The standard InChI is InChI=1S/C24H25ClN2O4S/c1-16-6-8-20(13-18(16)3)27(4)24(28)15-31-21-9-11-22(12-10-21)32(29,30)26-19-7-5-17(2)23(25)14-19/h5-14,26H,15H2,1-4H3. The molecule has 0 fully saturated rings. The lowest BCUT2D eigenvalue weighted by atomic mass is 10.1. The summed E-state index contributed by atoms with van der Waals surface area (Å²) < 4.78 is 33.3. The summed E-state index contributed by atoms with van der Waals surface area (Å²) in [5, 5.41) is 0.476. The maximum Gasteiger partial charge on any atom is 0.264 e. The number of sulfonamides is 1. The number of nitrogens with one attached hydrogen (secondary N) is 1. The van der Waals surface area contributed by atoms with Gasteiger partial charge in [-0.15, -0.1) is 0 Å². The molecule has 32 heavy (non-hydrogen) atoms. The van der Waals surface area contributed by atoms with Crippen molar-refractivity contribution in [2.24, 2.45) is 0 Å². The summed E-state index contributed by atoms with van der Waals surface area (Å²) in [6.45, 7) is 5.67. The van der Waals surface area contributed by atoms with E-state index in [9.17, 15) is 13.2 Å². The van der Waals surface area contributed by atoms with E-state index < -0.39 is 10.0 Å². The van der Waals surface area contributed by atoms with Crippen LogP contribution in [0.1, 0.15) is 16.7 Å². The van der Waals surface area contributed by atoms with Gasteiger partial charge in [0.1, 0.15) is 5.75 Å². The minimum atomic E-state index is -3.79. The Balaban J connectivity index is 1.62.